The van der Waals surface area contributed by atoms with Crippen molar-refractivity contribution in [1.29, 1.82) is 0 Å². The zero-order valence-corrected chi connectivity index (χ0v) is 10.8. The summed E-state index contributed by atoms with van der Waals surface area (Å²) < 4.78 is 0. The molecule has 2 rings (SSSR count). The normalized spacial score (nSPS) is 13.6. The molecule has 1 heterocycles. The third-order valence-corrected chi connectivity index (χ3v) is 2.95. The Balaban J connectivity index is 2.01. The molecule has 1 aromatic rings. The second-order valence-corrected chi connectivity index (χ2v) is 4.82. The van der Waals surface area contributed by atoms with Crippen molar-refractivity contribution in [2.45, 2.75) is 32.7 Å². The Morgan fingerprint density at radius 1 is 1.33 bits per heavy atom. The fraction of sp³-hybridized carbons (Fsp3) is 0.429. The standard InChI is InChI=1S/C14H18N2O2/c1-10(2)15-13(17)9-14(18)16-8-7-11-5-3-4-6-12(11)16/h3-6,10H,7-9H2,1-2H3,(H,15,17). The summed E-state index contributed by atoms with van der Waals surface area (Å²) in [6.45, 7) is 4.44. The lowest BCUT2D eigenvalue weighted by molar-refractivity contribution is -0.128. The highest BCUT2D eigenvalue weighted by Crippen LogP contribution is 2.27. The molecule has 0 bridgehead atoms. The van der Waals surface area contributed by atoms with Crippen molar-refractivity contribution < 1.29 is 9.59 Å². The molecule has 0 radical (unpaired) electrons. The van der Waals surface area contributed by atoms with Crippen molar-refractivity contribution in [2.75, 3.05) is 11.4 Å². The average molecular weight is 246 g/mol. The third-order valence-electron chi connectivity index (χ3n) is 2.95. The summed E-state index contributed by atoms with van der Waals surface area (Å²) in [4.78, 5) is 25.3. The first-order valence-electron chi connectivity index (χ1n) is 6.25. The quantitative estimate of drug-likeness (QED) is 0.821. The monoisotopic (exact) mass is 246 g/mol. The van der Waals surface area contributed by atoms with Crippen LogP contribution in [0.2, 0.25) is 0 Å². The molecule has 96 valence electrons. The highest BCUT2D eigenvalue weighted by molar-refractivity contribution is 6.06. The highest BCUT2D eigenvalue weighted by Gasteiger charge is 2.25. The second kappa shape index (κ2) is 5.21. The molecule has 2 amide bonds. The van der Waals surface area contributed by atoms with Crippen LogP contribution in [0.15, 0.2) is 24.3 Å². The molecule has 0 aliphatic carbocycles. The van der Waals surface area contributed by atoms with E-state index in [0.717, 1.165) is 12.1 Å². The van der Waals surface area contributed by atoms with Gasteiger partial charge < -0.3 is 10.2 Å². The van der Waals surface area contributed by atoms with Crippen LogP contribution in [0.1, 0.15) is 25.8 Å². The molecule has 1 aliphatic rings. The Labute approximate surface area is 107 Å². The number of rotatable bonds is 3. The number of para-hydroxylation sites is 1. The fourth-order valence-electron chi connectivity index (χ4n) is 2.20. The number of hydrogen-bond acceptors (Lipinski definition) is 2. The van der Waals surface area contributed by atoms with Gasteiger partial charge in [0.1, 0.15) is 6.42 Å². The molecule has 0 saturated carbocycles. The second-order valence-electron chi connectivity index (χ2n) is 4.82. The summed E-state index contributed by atoms with van der Waals surface area (Å²) in [7, 11) is 0. The number of amides is 2. The van der Waals surface area contributed by atoms with Gasteiger partial charge in [0.05, 0.1) is 0 Å². The van der Waals surface area contributed by atoms with Crippen LogP contribution in [-0.2, 0) is 16.0 Å². The van der Waals surface area contributed by atoms with E-state index in [2.05, 4.69) is 5.32 Å². The van der Waals surface area contributed by atoms with Gasteiger partial charge in [-0.05, 0) is 31.9 Å². The maximum atomic E-state index is 12.1. The fourth-order valence-corrected chi connectivity index (χ4v) is 2.20. The predicted molar refractivity (Wildman–Crippen MR) is 70.4 cm³/mol. The van der Waals surface area contributed by atoms with E-state index in [1.54, 1.807) is 4.90 Å². The van der Waals surface area contributed by atoms with Gasteiger partial charge in [0, 0.05) is 18.3 Å². The number of benzene rings is 1. The molecular formula is C14H18N2O2. The number of anilines is 1. The van der Waals surface area contributed by atoms with Crippen LogP contribution in [0.5, 0.6) is 0 Å². The van der Waals surface area contributed by atoms with Gasteiger partial charge in [-0.3, -0.25) is 9.59 Å². The summed E-state index contributed by atoms with van der Waals surface area (Å²) in [5.41, 5.74) is 2.12. The van der Waals surface area contributed by atoms with Crippen LogP contribution in [0.3, 0.4) is 0 Å². The first-order chi connectivity index (χ1) is 8.58. The summed E-state index contributed by atoms with van der Waals surface area (Å²) >= 11 is 0. The van der Waals surface area contributed by atoms with E-state index in [0.29, 0.717) is 6.54 Å². The van der Waals surface area contributed by atoms with E-state index in [1.807, 2.05) is 38.1 Å². The van der Waals surface area contributed by atoms with Gasteiger partial charge in [-0.2, -0.15) is 0 Å². The lowest BCUT2D eigenvalue weighted by Crippen LogP contribution is -2.37. The van der Waals surface area contributed by atoms with Gasteiger partial charge in [0.2, 0.25) is 11.8 Å². The Morgan fingerprint density at radius 3 is 2.78 bits per heavy atom. The van der Waals surface area contributed by atoms with E-state index in [4.69, 9.17) is 0 Å². The molecule has 1 N–H and O–H groups in total. The molecule has 1 aliphatic heterocycles. The lowest BCUT2D eigenvalue weighted by Gasteiger charge is -2.17. The molecule has 0 atom stereocenters. The van der Waals surface area contributed by atoms with Crippen LogP contribution >= 0.6 is 0 Å². The SMILES string of the molecule is CC(C)NC(=O)CC(=O)N1CCc2ccccc21. The zero-order valence-electron chi connectivity index (χ0n) is 10.8. The molecule has 0 saturated heterocycles. The largest absolute Gasteiger partial charge is 0.353 e. The molecule has 4 nitrogen and oxygen atoms in total. The first-order valence-corrected chi connectivity index (χ1v) is 6.25. The van der Waals surface area contributed by atoms with E-state index in [-0.39, 0.29) is 24.3 Å². The van der Waals surface area contributed by atoms with Crippen molar-refractivity contribution in [1.82, 2.24) is 5.32 Å². The first kappa shape index (κ1) is 12.6. The molecule has 18 heavy (non-hydrogen) atoms. The maximum Gasteiger partial charge on any atom is 0.236 e. The van der Waals surface area contributed by atoms with Crippen LogP contribution < -0.4 is 10.2 Å². The maximum absolute atomic E-state index is 12.1. The van der Waals surface area contributed by atoms with Crippen LogP contribution in [0.4, 0.5) is 5.69 Å². The van der Waals surface area contributed by atoms with Gasteiger partial charge in [-0.25, -0.2) is 0 Å². The molecule has 1 aromatic carbocycles. The van der Waals surface area contributed by atoms with Gasteiger partial charge in [-0.15, -0.1) is 0 Å². The highest BCUT2D eigenvalue weighted by atomic mass is 16.2. The summed E-state index contributed by atoms with van der Waals surface area (Å²) in [5.74, 6) is -0.336. The minimum Gasteiger partial charge on any atom is -0.353 e. The number of nitrogens with zero attached hydrogens (tertiary/aromatic N) is 1. The topological polar surface area (TPSA) is 49.4 Å². The summed E-state index contributed by atoms with van der Waals surface area (Å²) in [6, 6.07) is 7.91. The van der Waals surface area contributed by atoms with Crippen molar-refractivity contribution in [2.24, 2.45) is 0 Å². The molecule has 0 fully saturated rings. The smallest absolute Gasteiger partial charge is 0.236 e. The molecule has 0 spiro atoms. The van der Waals surface area contributed by atoms with Crippen molar-refractivity contribution >= 4 is 17.5 Å². The Hall–Kier alpha value is -1.84. The Bertz CT molecular complexity index is 469. The van der Waals surface area contributed by atoms with Crippen molar-refractivity contribution in [3.63, 3.8) is 0 Å². The molecule has 4 heteroatoms. The summed E-state index contributed by atoms with van der Waals surface area (Å²) in [5, 5.41) is 2.73. The van der Waals surface area contributed by atoms with E-state index in [1.165, 1.54) is 5.56 Å². The average Bonchev–Trinajstić information content (AvgIpc) is 2.71. The van der Waals surface area contributed by atoms with Gasteiger partial charge in [0.15, 0.2) is 0 Å². The van der Waals surface area contributed by atoms with E-state index < -0.39 is 0 Å². The van der Waals surface area contributed by atoms with E-state index >= 15 is 0 Å². The number of carbonyl (C=O) groups is 2. The predicted octanol–water partition coefficient (Wildman–Crippen LogP) is 1.49. The minimum atomic E-state index is -0.209. The van der Waals surface area contributed by atoms with Crippen LogP contribution in [0, 0.1) is 0 Å². The molecular weight excluding hydrogens is 228 g/mol. The number of carbonyl (C=O) groups excluding carboxylic acids is 2. The third kappa shape index (κ3) is 2.70. The Morgan fingerprint density at radius 2 is 2.06 bits per heavy atom. The number of hydrogen-bond donors (Lipinski definition) is 1. The molecule has 0 aromatic heterocycles. The Kier molecular flexibility index (Phi) is 3.65. The van der Waals surface area contributed by atoms with Crippen molar-refractivity contribution in [3.05, 3.63) is 29.8 Å². The minimum absolute atomic E-state index is 0.0659. The van der Waals surface area contributed by atoms with Crippen molar-refractivity contribution in [3.8, 4) is 0 Å². The van der Waals surface area contributed by atoms with Crippen LogP contribution in [-0.4, -0.2) is 24.4 Å². The number of nitrogens with one attached hydrogen (secondary N) is 1. The molecule has 0 unspecified atom stereocenters. The van der Waals surface area contributed by atoms with Gasteiger partial charge >= 0.3 is 0 Å². The van der Waals surface area contributed by atoms with Gasteiger partial charge in [0.25, 0.3) is 0 Å². The number of fused-ring (bicyclic) bond motifs is 1. The van der Waals surface area contributed by atoms with Crippen LogP contribution in [0.25, 0.3) is 0 Å². The zero-order chi connectivity index (χ0) is 13.1. The summed E-state index contributed by atoms with van der Waals surface area (Å²) in [6.07, 6.45) is 0.792. The lowest BCUT2D eigenvalue weighted by atomic mass is 10.2. The van der Waals surface area contributed by atoms with Gasteiger partial charge in [-0.1, -0.05) is 18.2 Å². The van der Waals surface area contributed by atoms with E-state index in [9.17, 15) is 9.59 Å².